The number of alkyl carbamates (subject to hydrolysis) is 3. The number of halogens is 9. The van der Waals surface area contributed by atoms with Crippen LogP contribution in [-0.4, -0.2) is 342 Å². The quantitative estimate of drug-likeness (QED) is 0.0404. The number of rotatable bonds is 13. The second-order valence-corrected chi connectivity index (χ2v) is 43.1. The summed E-state index contributed by atoms with van der Waals surface area (Å²) >= 11 is 53.3. The first-order valence-corrected chi connectivity index (χ1v) is 60.6. The number of nitrogens with two attached hydrogens (primary N) is 4. The molecule has 12 heterocycles. The molecule has 5 amide bonds. The van der Waals surface area contributed by atoms with Crippen LogP contribution in [0.15, 0.2) is 113 Å². The molecule has 2 aromatic carbocycles. The van der Waals surface area contributed by atoms with Crippen LogP contribution >= 0.6 is 104 Å². The number of nitrogens with zero attached hydrogens (tertiary/aromatic N) is 7. The van der Waals surface area contributed by atoms with Crippen molar-refractivity contribution in [3.05, 3.63) is 97.9 Å². The minimum atomic E-state index is -2.94. The Morgan fingerprint density at radius 3 is 1.25 bits per heavy atom. The fraction of sp³-hybridized carbons (Fsp3) is 0.581. The van der Waals surface area contributed by atoms with Crippen LogP contribution in [0.3, 0.4) is 0 Å². The Hall–Kier alpha value is -5.29. The van der Waals surface area contributed by atoms with Crippen molar-refractivity contribution in [1.82, 2.24) is 73.2 Å². The van der Waals surface area contributed by atoms with E-state index in [4.69, 9.17) is 160 Å². The number of Topliss-reactive ketones (excluding diaryl/α,β-unsaturated/α-hetero) is 3. The van der Waals surface area contributed by atoms with E-state index in [-0.39, 0.29) is 143 Å². The van der Waals surface area contributed by atoms with Crippen molar-refractivity contribution in [2.75, 3.05) is 46.2 Å². The van der Waals surface area contributed by atoms with E-state index < -0.39 is 147 Å². The SMILES string of the molecule is C.C.C=C1N[C@H]2[C@H](CO)N=C(NC(=O)OCC(Cl)(Cl)Cl)N3[C@@H](C)CC(=O)C23N1.C=C1N[C@H]2[C@H](COC(N)=O)N=C(NC(=O)OCC(Cl)(Cl)Cl)N3[C@@H](C)CC(=O)C23N1.C=C1N[C@H]2[C@H](CO[Si](c3ccccc3)(c3ccccc3)C(C)(C)C)N=C(NC(=O)OCC(Cl)(Cl)Cl)N3[C@@H](C)CC(=O)C23N1.CC.C[C@H]1CC(O)(O)C23NC(N)=[NH+][C@H]2[C@H](COC(N)=O)NC(N)=[N+]13.[K][K]. The third kappa shape index (κ3) is 22.3. The van der Waals surface area contributed by atoms with Crippen molar-refractivity contribution in [3.63, 3.8) is 0 Å². The average Bonchev–Trinajstić information content (AvgIpc) is 1.54. The number of ether oxygens (including phenoxy) is 5. The number of benzene rings is 2. The van der Waals surface area contributed by atoms with Crippen LogP contribution in [0.4, 0.5) is 24.0 Å². The summed E-state index contributed by atoms with van der Waals surface area (Å²) < 4.78 is 28.1. The van der Waals surface area contributed by atoms with E-state index in [9.17, 15) is 53.7 Å². The summed E-state index contributed by atoms with van der Waals surface area (Å²) in [6.45, 7) is 27.7. The molecule has 2 aromatic rings. The van der Waals surface area contributed by atoms with Crippen LogP contribution in [0.25, 0.3) is 0 Å². The van der Waals surface area contributed by atoms with Gasteiger partial charge in [0.05, 0.1) is 36.7 Å². The molecule has 0 radical (unpaired) electrons. The van der Waals surface area contributed by atoms with E-state index in [2.05, 4.69) is 138 Å². The molecule has 4 spiro atoms. The number of amides is 5. The fourth-order valence-corrected chi connectivity index (χ4v) is 22.9. The summed E-state index contributed by atoms with van der Waals surface area (Å²) in [5.41, 5.74) is 16.8. The molecule has 16 atom stereocenters. The number of aliphatic hydroxyl groups excluding tert-OH is 1. The molecule has 4 unspecified atom stereocenters. The Balaban J connectivity index is 0.000000233. The van der Waals surface area contributed by atoms with Crippen LogP contribution < -0.4 is 96.8 Å². The second kappa shape index (κ2) is 42.7. The number of alkyl halides is 9. The van der Waals surface area contributed by atoms with Crippen LogP contribution in [-0.2, 0) is 42.5 Å². The number of nitrogens with one attached hydrogen (secondary N) is 12. The molecule has 7 saturated heterocycles. The van der Waals surface area contributed by atoms with E-state index >= 15 is 0 Å². The molecule has 0 aromatic heterocycles. The monoisotopic (exact) mass is 2010 g/mol. The maximum absolute atomic E-state index is 13.7. The molecule has 126 heavy (non-hydrogen) atoms. The molecule has 14 rings (SSSR count). The van der Waals surface area contributed by atoms with E-state index in [1.807, 2.05) is 71.0 Å². The van der Waals surface area contributed by atoms with E-state index in [0.29, 0.717) is 17.5 Å². The number of carbonyl (C=O) groups is 8. The first kappa shape index (κ1) is 108. The molecule has 12 aliphatic heterocycles. The Morgan fingerprint density at radius 2 is 0.913 bits per heavy atom. The topological polar surface area (TPSA) is 553 Å². The summed E-state index contributed by atoms with van der Waals surface area (Å²) in [5, 5.41) is 65.2. The van der Waals surface area contributed by atoms with Gasteiger partial charge in [0.2, 0.25) is 35.0 Å². The number of hydrogen-bond donors (Lipinski definition) is 19. The molecule has 52 heteroatoms. The molecular weight excluding hydrogens is 1910 g/mol. The minimum absolute atomic E-state index is 0. The van der Waals surface area contributed by atoms with Gasteiger partial charge in [0.25, 0.3) is 14.0 Å². The van der Waals surface area contributed by atoms with Crippen LogP contribution in [0.1, 0.15) is 103 Å². The van der Waals surface area contributed by atoms with Gasteiger partial charge in [0, 0.05) is 43.8 Å². The maximum atomic E-state index is 13.7. The molecule has 0 bridgehead atoms. The number of hydrogen-bond acceptors (Lipinski definition) is 33. The third-order valence-electron chi connectivity index (χ3n) is 22.0. The average molecular weight is 2020 g/mol. The van der Waals surface area contributed by atoms with Crippen molar-refractivity contribution in [1.29, 1.82) is 0 Å². The normalized spacial score (nSPS) is 29.3. The molecule has 7 fully saturated rings. The van der Waals surface area contributed by atoms with Gasteiger partial charge in [0.1, 0.15) is 75.3 Å². The Labute approximate surface area is 820 Å². The molecule has 0 aliphatic carbocycles. The van der Waals surface area contributed by atoms with Gasteiger partial charge >= 0.3 is 106 Å². The van der Waals surface area contributed by atoms with Gasteiger partial charge in [-0.1, -0.05) is 234 Å². The molecule has 23 N–H and O–H groups in total. The van der Waals surface area contributed by atoms with E-state index in [0.717, 1.165) is 10.4 Å². The number of aliphatic imine (C=N–C) groups is 3. The van der Waals surface area contributed by atoms with Gasteiger partial charge in [-0.25, -0.2) is 48.8 Å². The summed E-state index contributed by atoms with van der Waals surface area (Å²) in [5.74, 6) is -0.345. The first-order valence-electron chi connectivity index (χ1n) is 39.3. The fourth-order valence-electron chi connectivity index (χ4n) is 17.9. The molecule has 0 saturated carbocycles. The molecular formula is C74H108Cl9K2N23O17Si+2. The van der Waals surface area contributed by atoms with Gasteiger partial charge in [-0.3, -0.25) is 52.1 Å². The standard InChI is InChI=1S/C30H36Cl3N5O4Si.C15H19Cl3N6O5.C14H18Cl3N5O4.C11H19N7O4.C2H6.2CH4.2K/c1-19-16-24(39)30-25(34-20(2)37-30)23(35-26(38(19)30)36-27(40)41-18-29(31,32)33)17-42-43(28(3,4)5,21-12-8-6-9-13-21)22-14-10-7-11-15-22;1-6-3-9(25)15-10(20-7(2)23-15)8(4-28-11(19)26)21-12(24(6)15)22-13(27)29-5-14(16,17)18;1-6-3-9(24)14-10(18-7(2)21-14)8(4-23)19-11(22(6)14)20-12(25)26-5-13(15,16)17;1-4-2-10(20,21)11-6(16-7(12)17-11)5(3-22-9(14)19)15-8(13)18(4)11;1-2;;;;/h6-15,19,23,25,34,37H,2,16-18H2,1,3-5H3,(H,35,36,40);6,8,10,20,23H,2-5H2,1H3,(H2,19,26)(H,21,22,27);6,8,10,18,21,23H,2-5H2,1H3,(H,19,20,25);4-6,20-21H,2-3H2,1H3,(H7,12,13,14,15,16,17,19);1-2H3;2*1H4;;/p+2/t19-,23-,25-,30?;6-,8-,10-,15?;6-,8-,10-,14?;4-,5-,6-,11?;;;;;/m0000...../s1. The van der Waals surface area contributed by atoms with Gasteiger partial charge in [0.15, 0.2) is 40.4 Å². The third-order valence-corrected chi connectivity index (χ3v) is 27.9. The number of aliphatic hydroxyl groups is 3. The second-order valence-electron chi connectivity index (χ2n) is 31.2. The zero-order chi connectivity index (χ0) is 92.3. The van der Waals surface area contributed by atoms with Crippen LogP contribution in [0.2, 0.25) is 5.04 Å². The molecule has 12 aliphatic rings. The van der Waals surface area contributed by atoms with Crippen molar-refractivity contribution in [3.8, 4) is 0 Å². The predicted molar refractivity (Wildman–Crippen MR) is 482 cm³/mol. The van der Waals surface area contributed by atoms with Crippen molar-refractivity contribution in [2.45, 2.75) is 220 Å². The predicted octanol–water partition coefficient (Wildman–Crippen LogP) is -0.242. The summed E-state index contributed by atoms with van der Waals surface area (Å²) in [7, 11) is -2.94. The Morgan fingerprint density at radius 1 is 0.571 bits per heavy atom. The first-order chi connectivity index (χ1) is 57.9. The molecule has 688 valence electrons. The van der Waals surface area contributed by atoms with Crippen LogP contribution in [0, 0.1) is 0 Å². The number of ketones is 3. The summed E-state index contributed by atoms with van der Waals surface area (Å²) in [6.07, 6.45) is -3.88. The van der Waals surface area contributed by atoms with Crippen LogP contribution in [0.5, 0.6) is 0 Å². The van der Waals surface area contributed by atoms with Gasteiger partial charge in [-0.15, -0.1) is 0 Å². The summed E-state index contributed by atoms with van der Waals surface area (Å²) in [4.78, 5) is 120. The number of carbonyl (C=O) groups excluding carboxylic acids is 8. The number of guanidine groups is 5. The summed E-state index contributed by atoms with van der Waals surface area (Å²) in [6, 6.07) is 14.6. The van der Waals surface area contributed by atoms with Crippen molar-refractivity contribution in [2.24, 2.45) is 37.9 Å². The Kier molecular flexibility index (Phi) is 36.5. The van der Waals surface area contributed by atoms with Gasteiger partial charge in [-0.05, 0) is 43.1 Å². The van der Waals surface area contributed by atoms with Gasteiger partial charge < -0.3 is 101 Å². The molecule has 40 nitrogen and oxygen atoms in total. The zero-order valence-corrected chi connectivity index (χ0v) is 83.5. The van der Waals surface area contributed by atoms with Crippen molar-refractivity contribution >= 4 is 264 Å². The zero-order valence-electron chi connectivity index (χ0n) is 69.5. The number of primary amides is 2. The van der Waals surface area contributed by atoms with Gasteiger partial charge in [-0.2, -0.15) is 0 Å². The van der Waals surface area contributed by atoms with E-state index in [1.54, 1.807) is 26.2 Å². The Bertz CT molecular complexity index is 4540. The van der Waals surface area contributed by atoms with E-state index in [1.165, 1.54) is 63.2 Å². The van der Waals surface area contributed by atoms with Crippen molar-refractivity contribution < 1.29 is 91.4 Å².